The van der Waals surface area contributed by atoms with Crippen LogP contribution in [0, 0.1) is 0 Å². The summed E-state index contributed by atoms with van der Waals surface area (Å²) in [6, 6.07) is 0. The van der Waals surface area contributed by atoms with Gasteiger partial charge in [0.15, 0.2) is 0 Å². The molecular formula is C14H22O4. The Labute approximate surface area is 109 Å². The van der Waals surface area contributed by atoms with E-state index in [1.54, 1.807) is 0 Å². The van der Waals surface area contributed by atoms with E-state index in [1.165, 1.54) is 0 Å². The minimum atomic E-state index is -0.225. The predicted molar refractivity (Wildman–Crippen MR) is 69.5 cm³/mol. The van der Waals surface area contributed by atoms with Gasteiger partial charge in [0.05, 0.1) is 12.5 Å². The van der Waals surface area contributed by atoms with Crippen molar-refractivity contribution in [3.05, 3.63) is 25.7 Å². The van der Waals surface area contributed by atoms with Crippen LogP contribution in [0.1, 0.15) is 51.4 Å². The molecule has 0 bridgehead atoms. The third-order valence-corrected chi connectivity index (χ3v) is 2.44. The molecular weight excluding hydrogens is 232 g/mol. The first kappa shape index (κ1) is 16.4. The minimum absolute atomic E-state index is 0.225. The first-order chi connectivity index (χ1) is 8.70. The molecule has 0 unspecified atom stereocenters. The fourth-order valence-corrected chi connectivity index (χ4v) is 1.55. The molecule has 0 fully saturated rings. The van der Waals surface area contributed by atoms with Crippen molar-refractivity contribution in [2.24, 2.45) is 0 Å². The lowest BCUT2D eigenvalue weighted by molar-refractivity contribution is -0.139. The summed E-state index contributed by atoms with van der Waals surface area (Å²) in [6.07, 6.45) is 9.02. The second kappa shape index (κ2) is 11.9. The summed E-state index contributed by atoms with van der Waals surface area (Å²) in [7, 11) is 0. The molecule has 0 N–H and O–H groups in total. The molecule has 0 spiro atoms. The highest BCUT2D eigenvalue weighted by Gasteiger charge is 2.01. The Kier molecular flexibility index (Phi) is 10.8. The third kappa shape index (κ3) is 10.9. The number of ether oxygens (including phenoxy) is 2. The molecule has 4 heteroatoms. The summed E-state index contributed by atoms with van der Waals surface area (Å²) in [4.78, 5) is 21.9. The molecule has 0 atom stereocenters. The van der Waals surface area contributed by atoms with Crippen LogP contribution in [0.4, 0.5) is 0 Å². The normalized spacial score (nSPS) is 9.56. The number of carbonyl (C=O) groups is 2. The van der Waals surface area contributed by atoms with Gasteiger partial charge in [-0.2, -0.15) is 0 Å². The van der Waals surface area contributed by atoms with Crippen LogP contribution >= 0.6 is 0 Å². The van der Waals surface area contributed by atoms with Gasteiger partial charge in [-0.25, -0.2) is 0 Å². The van der Waals surface area contributed by atoms with Gasteiger partial charge in [0.25, 0.3) is 0 Å². The van der Waals surface area contributed by atoms with Crippen molar-refractivity contribution in [2.75, 3.05) is 0 Å². The number of hydrogen-bond donors (Lipinski definition) is 0. The maximum atomic E-state index is 11.0. The van der Waals surface area contributed by atoms with Gasteiger partial charge in [0.2, 0.25) is 0 Å². The Balaban J connectivity index is 3.21. The maximum absolute atomic E-state index is 11.0. The topological polar surface area (TPSA) is 52.6 Å². The summed E-state index contributed by atoms with van der Waals surface area (Å²) >= 11 is 0. The number of hydrogen-bond acceptors (Lipinski definition) is 4. The second-order valence-electron chi connectivity index (χ2n) is 3.93. The highest BCUT2D eigenvalue weighted by Crippen LogP contribution is 2.09. The van der Waals surface area contributed by atoms with E-state index < -0.39 is 0 Å². The lowest BCUT2D eigenvalue weighted by Crippen LogP contribution is -1.99. The molecule has 0 radical (unpaired) electrons. The fourth-order valence-electron chi connectivity index (χ4n) is 1.55. The lowest BCUT2D eigenvalue weighted by Gasteiger charge is -2.01. The second-order valence-corrected chi connectivity index (χ2v) is 3.93. The monoisotopic (exact) mass is 254 g/mol. The third-order valence-electron chi connectivity index (χ3n) is 2.44. The summed E-state index contributed by atoms with van der Waals surface area (Å²) < 4.78 is 9.20. The average molecular weight is 254 g/mol. The number of rotatable bonds is 11. The zero-order valence-corrected chi connectivity index (χ0v) is 10.9. The first-order valence-electron chi connectivity index (χ1n) is 6.31. The Bertz CT molecular complexity index is 243. The number of unbranched alkanes of at least 4 members (excludes halogenated alkanes) is 5. The van der Waals surface area contributed by atoms with Gasteiger partial charge < -0.3 is 9.47 Å². The molecule has 0 aliphatic heterocycles. The summed E-state index contributed by atoms with van der Waals surface area (Å²) in [5.74, 6) is -0.450. The van der Waals surface area contributed by atoms with Crippen LogP contribution in [0.5, 0.6) is 0 Å². The van der Waals surface area contributed by atoms with E-state index >= 15 is 0 Å². The molecule has 0 saturated carbocycles. The average Bonchev–Trinajstić information content (AvgIpc) is 2.33. The molecule has 0 aliphatic rings. The summed E-state index contributed by atoms with van der Waals surface area (Å²) in [5.41, 5.74) is 0. The Morgan fingerprint density at radius 1 is 0.722 bits per heavy atom. The molecule has 0 rings (SSSR count). The van der Waals surface area contributed by atoms with Gasteiger partial charge in [-0.3, -0.25) is 9.59 Å². The van der Waals surface area contributed by atoms with E-state index in [0.717, 1.165) is 51.0 Å². The summed E-state index contributed by atoms with van der Waals surface area (Å²) in [5, 5.41) is 0. The standard InChI is InChI=1S/C14H22O4/c1-3-17-13(15)11-9-7-5-6-8-10-12-14(16)18-4-2/h3-4H,1-2,5-12H2. The quantitative estimate of drug-likeness (QED) is 0.322. The molecule has 0 aromatic rings. The van der Waals surface area contributed by atoms with Crippen molar-refractivity contribution < 1.29 is 19.1 Å². The molecule has 0 heterocycles. The van der Waals surface area contributed by atoms with Crippen LogP contribution < -0.4 is 0 Å². The molecule has 0 aromatic heterocycles. The van der Waals surface area contributed by atoms with E-state index in [1.807, 2.05) is 0 Å². The van der Waals surface area contributed by atoms with Crippen LogP contribution in [0.25, 0.3) is 0 Å². The van der Waals surface area contributed by atoms with Crippen LogP contribution in [0.3, 0.4) is 0 Å². The van der Waals surface area contributed by atoms with E-state index in [4.69, 9.17) is 0 Å². The van der Waals surface area contributed by atoms with Crippen LogP contribution in [0.15, 0.2) is 25.7 Å². The van der Waals surface area contributed by atoms with Crippen molar-refractivity contribution in [1.29, 1.82) is 0 Å². The van der Waals surface area contributed by atoms with E-state index in [0.29, 0.717) is 12.8 Å². The maximum Gasteiger partial charge on any atom is 0.310 e. The molecule has 102 valence electrons. The lowest BCUT2D eigenvalue weighted by atomic mass is 10.1. The van der Waals surface area contributed by atoms with E-state index in [2.05, 4.69) is 22.6 Å². The van der Waals surface area contributed by atoms with E-state index in [-0.39, 0.29) is 11.9 Å². The highest BCUT2D eigenvalue weighted by molar-refractivity contribution is 5.70. The zero-order valence-electron chi connectivity index (χ0n) is 10.9. The number of esters is 2. The van der Waals surface area contributed by atoms with Gasteiger partial charge in [-0.15, -0.1) is 0 Å². The van der Waals surface area contributed by atoms with Gasteiger partial charge >= 0.3 is 11.9 Å². The summed E-state index contributed by atoms with van der Waals surface area (Å²) in [6.45, 7) is 6.64. The van der Waals surface area contributed by atoms with Crippen LogP contribution in [-0.2, 0) is 19.1 Å². The van der Waals surface area contributed by atoms with E-state index in [9.17, 15) is 9.59 Å². The predicted octanol–water partition coefficient (Wildman–Crippen LogP) is 3.48. The smallest absolute Gasteiger partial charge is 0.310 e. The Hall–Kier alpha value is -1.58. The van der Waals surface area contributed by atoms with Crippen molar-refractivity contribution in [3.8, 4) is 0 Å². The van der Waals surface area contributed by atoms with Crippen LogP contribution in [0.2, 0.25) is 0 Å². The van der Waals surface area contributed by atoms with Crippen molar-refractivity contribution in [3.63, 3.8) is 0 Å². The molecule has 0 aliphatic carbocycles. The Morgan fingerprint density at radius 2 is 1.06 bits per heavy atom. The number of carbonyl (C=O) groups excluding carboxylic acids is 2. The SMILES string of the molecule is C=COC(=O)CCCCCCCCC(=O)OC=C. The molecule has 4 nitrogen and oxygen atoms in total. The van der Waals surface area contributed by atoms with Crippen molar-refractivity contribution in [1.82, 2.24) is 0 Å². The van der Waals surface area contributed by atoms with Gasteiger partial charge in [0, 0.05) is 12.8 Å². The highest BCUT2D eigenvalue weighted by atomic mass is 16.5. The van der Waals surface area contributed by atoms with Gasteiger partial charge in [-0.1, -0.05) is 38.8 Å². The Morgan fingerprint density at radius 3 is 1.39 bits per heavy atom. The largest absolute Gasteiger partial charge is 0.435 e. The fraction of sp³-hybridized carbons (Fsp3) is 0.571. The van der Waals surface area contributed by atoms with Crippen LogP contribution in [-0.4, -0.2) is 11.9 Å². The molecule has 18 heavy (non-hydrogen) atoms. The molecule has 0 amide bonds. The zero-order chi connectivity index (χ0) is 13.6. The van der Waals surface area contributed by atoms with Crippen molar-refractivity contribution in [2.45, 2.75) is 51.4 Å². The molecule has 0 saturated heterocycles. The first-order valence-corrected chi connectivity index (χ1v) is 6.31. The van der Waals surface area contributed by atoms with Gasteiger partial charge in [-0.05, 0) is 12.8 Å². The minimum Gasteiger partial charge on any atom is -0.435 e. The molecule has 0 aromatic carbocycles. The van der Waals surface area contributed by atoms with Crippen molar-refractivity contribution >= 4 is 11.9 Å². The van der Waals surface area contributed by atoms with Gasteiger partial charge in [0.1, 0.15) is 0 Å².